The van der Waals surface area contributed by atoms with Gasteiger partial charge in [0.15, 0.2) is 0 Å². The van der Waals surface area contributed by atoms with Gasteiger partial charge in [-0.3, -0.25) is 9.59 Å². The van der Waals surface area contributed by atoms with E-state index >= 15 is 0 Å². The molecule has 0 amide bonds. The van der Waals surface area contributed by atoms with E-state index in [0.29, 0.717) is 0 Å². The lowest BCUT2D eigenvalue weighted by Gasteiger charge is -1.94. The van der Waals surface area contributed by atoms with Crippen molar-refractivity contribution in [2.45, 2.75) is 66.2 Å². The van der Waals surface area contributed by atoms with E-state index in [-0.39, 0.29) is 0 Å². The topological polar surface area (TPSA) is 34.1 Å². The fraction of sp³-hybridized carbons (Fsp3) is 0.556. The van der Waals surface area contributed by atoms with Crippen molar-refractivity contribution < 1.29 is 9.59 Å². The van der Waals surface area contributed by atoms with Gasteiger partial charge in [-0.2, -0.15) is 0 Å². The van der Waals surface area contributed by atoms with Crippen molar-refractivity contribution in [3.05, 3.63) is 35.5 Å². The quantitative estimate of drug-likeness (QED) is 0.251. The summed E-state index contributed by atoms with van der Waals surface area (Å²) < 4.78 is 0. The van der Waals surface area contributed by atoms with Gasteiger partial charge in [0.25, 0.3) is 0 Å². The van der Waals surface area contributed by atoms with Crippen LogP contribution in [0.15, 0.2) is 35.5 Å². The van der Waals surface area contributed by atoms with Crippen molar-refractivity contribution in [2.24, 2.45) is 0 Å². The van der Waals surface area contributed by atoms with Gasteiger partial charge in [-0.05, 0) is 58.6 Å². The second-order valence-corrected chi connectivity index (χ2v) is 5.03. The Morgan fingerprint density at radius 2 is 1.65 bits per heavy atom. The number of rotatable bonds is 9. The lowest BCUT2D eigenvalue weighted by atomic mass is 10.1. The first kappa shape index (κ1) is 20.9. The Hall–Kier alpha value is -1.44. The Morgan fingerprint density at radius 3 is 2.15 bits per heavy atom. The largest absolute Gasteiger partial charge is 0.299 e. The summed E-state index contributed by atoms with van der Waals surface area (Å²) in [5.41, 5.74) is 2.49. The maximum atomic E-state index is 10.0. The van der Waals surface area contributed by atoms with Gasteiger partial charge in [0.2, 0.25) is 0 Å². The van der Waals surface area contributed by atoms with Gasteiger partial charge in [0.05, 0.1) is 0 Å². The number of hydrogen-bond acceptors (Lipinski definition) is 2. The van der Waals surface area contributed by atoms with E-state index in [2.05, 4.69) is 26.8 Å². The van der Waals surface area contributed by atoms with Crippen LogP contribution in [-0.4, -0.2) is 12.6 Å². The zero-order valence-electron chi connectivity index (χ0n) is 13.5. The minimum absolute atomic E-state index is 0.825. The van der Waals surface area contributed by atoms with E-state index in [0.717, 1.165) is 37.4 Å². The van der Waals surface area contributed by atoms with Crippen molar-refractivity contribution in [3.63, 3.8) is 0 Å². The van der Waals surface area contributed by atoms with E-state index < -0.39 is 0 Å². The highest BCUT2D eigenvalue weighted by molar-refractivity contribution is 5.65. The molecule has 0 saturated heterocycles. The molecule has 2 nitrogen and oxygen atoms in total. The van der Waals surface area contributed by atoms with Crippen LogP contribution >= 0.6 is 0 Å². The molecule has 0 radical (unpaired) electrons. The van der Waals surface area contributed by atoms with E-state index in [1.54, 1.807) is 12.2 Å². The first-order valence-corrected chi connectivity index (χ1v) is 7.43. The van der Waals surface area contributed by atoms with Crippen molar-refractivity contribution in [2.75, 3.05) is 0 Å². The summed E-state index contributed by atoms with van der Waals surface area (Å²) in [7, 11) is 0. The highest BCUT2D eigenvalue weighted by atomic mass is 16.1. The molecule has 0 atom stereocenters. The maximum absolute atomic E-state index is 10.0. The molecule has 0 aliphatic carbocycles. The number of carbonyl (C=O) groups is 2. The monoisotopic (exact) mass is 278 g/mol. The third kappa shape index (κ3) is 21.8. The fourth-order valence-electron chi connectivity index (χ4n) is 1.45. The molecule has 0 unspecified atom stereocenters. The molecular formula is C18H30O2. The minimum Gasteiger partial charge on any atom is -0.299 e. The molecule has 0 rings (SSSR count). The molecule has 0 N–H and O–H groups in total. The standard InChI is InChI=1S/C10H16O.C8H14O/c1-9(2)5-4-6-10(3)7-8-11;1-2-3-4-5-6-7-8-9/h5,7-8H,4,6H2,1-3H3;6-8H,2-5H2,1H3/b10-7+;7-6+. The molecule has 20 heavy (non-hydrogen) atoms. The van der Waals surface area contributed by atoms with Crippen LogP contribution in [0.4, 0.5) is 0 Å². The van der Waals surface area contributed by atoms with Crippen molar-refractivity contribution >= 4 is 12.6 Å². The Labute approximate surface area is 124 Å². The molecule has 114 valence electrons. The van der Waals surface area contributed by atoms with E-state index in [1.165, 1.54) is 24.8 Å². The van der Waals surface area contributed by atoms with E-state index in [9.17, 15) is 9.59 Å². The van der Waals surface area contributed by atoms with Gasteiger partial charge in [0, 0.05) is 0 Å². The highest BCUT2D eigenvalue weighted by Crippen LogP contribution is 2.05. The highest BCUT2D eigenvalue weighted by Gasteiger charge is 1.86. The summed E-state index contributed by atoms with van der Waals surface area (Å²) in [6.07, 6.45) is 15.8. The molecule has 0 aliphatic heterocycles. The Morgan fingerprint density at radius 1 is 0.950 bits per heavy atom. The summed E-state index contributed by atoms with van der Waals surface area (Å²) in [4.78, 5) is 19.8. The second-order valence-electron chi connectivity index (χ2n) is 5.03. The second kappa shape index (κ2) is 17.6. The van der Waals surface area contributed by atoms with Crippen molar-refractivity contribution in [1.82, 2.24) is 0 Å². The molecule has 0 aromatic rings. The smallest absolute Gasteiger partial charge is 0.142 e. The molecule has 0 fully saturated rings. The maximum Gasteiger partial charge on any atom is 0.142 e. The molecule has 2 heteroatoms. The lowest BCUT2D eigenvalue weighted by Crippen LogP contribution is -1.77. The van der Waals surface area contributed by atoms with Gasteiger partial charge in [-0.25, -0.2) is 0 Å². The molecule has 0 aliphatic rings. The number of unbranched alkanes of at least 4 members (excludes halogenated alkanes) is 3. The molecule has 0 saturated carbocycles. The summed E-state index contributed by atoms with van der Waals surface area (Å²) in [5, 5.41) is 0. The first-order chi connectivity index (χ1) is 9.58. The van der Waals surface area contributed by atoms with E-state index in [4.69, 9.17) is 0 Å². The molecule has 0 bridgehead atoms. The van der Waals surface area contributed by atoms with Gasteiger partial charge in [-0.1, -0.05) is 43.1 Å². The fourth-order valence-corrected chi connectivity index (χ4v) is 1.45. The molecule has 0 spiro atoms. The average molecular weight is 278 g/mol. The van der Waals surface area contributed by atoms with Gasteiger partial charge in [0.1, 0.15) is 12.6 Å². The summed E-state index contributed by atoms with van der Waals surface area (Å²) in [6, 6.07) is 0. The van der Waals surface area contributed by atoms with Crippen LogP contribution in [0.5, 0.6) is 0 Å². The molecular weight excluding hydrogens is 248 g/mol. The van der Waals surface area contributed by atoms with Crippen LogP contribution in [0, 0.1) is 0 Å². The molecule has 0 aromatic heterocycles. The van der Waals surface area contributed by atoms with Crippen LogP contribution in [-0.2, 0) is 9.59 Å². The zero-order chi connectivity index (χ0) is 15.6. The van der Waals surface area contributed by atoms with Crippen LogP contribution in [0.3, 0.4) is 0 Å². The Kier molecular flexibility index (Phi) is 18.3. The number of aldehydes is 2. The average Bonchev–Trinajstić information content (AvgIpc) is 2.39. The summed E-state index contributed by atoms with van der Waals surface area (Å²) in [6.45, 7) is 8.31. The molecule has 0 heterocycles. The van der Waals surface area contributed by atoms with Crippen molar-refractivity contribution in [1.29, 1.82) is 0 Å². The zero-order valence-corrected chi connectivity index (χ0v) is 13.5. The van der Waals surface area contributed by atoms with Crippen LogP contribution in [0.25, 0.3) is 0 Å². The third-order valence-electron chi connectivity index (χ3n) is 2.63. The van der Waals surface area contributed by atoms with Gasteiger partial charge < -0.3 is 0 Å². The van der Waals surface area contributed by atoms with E-state index in [1.807, 2.05) is 13.0 Å². The minimum atomic E-state index is 0.825. The van der Waals surface area contributed by atoms with Crippen LogP contribution in [0.2, 0.25) is 0 Å². The predicted molar refractivity (Wildman–Crippen MR) is 87.8 cm³/mol. The summed E-state index contributed by atoms with van der Waals surface area (Å²) in [5.74, 6) is 0. The van der Waals surface area contributed by atoms with Gasteiger partial charge in [-0.15, -0.1) is 0 Å². The lowest BCUT2D eigenvalue weighted by molar-refractivity contribution is -0.104. The first-order valence-electron chi connectivity index (χ1n) is 7.43. The third-order valence-corrected chi connectivity index (χ3v) is 2.63. The van der Waals surface area contributed by atoms with Crippen LogP contribution in [0.1, 0.15) is 66.2 Å². The van der Waals surface area contributed by atoms with Crippen LogP contribution < -0.4 is 0 Å². The van der Waals surface area contributed by atoms with Crippen molar-refractivity contribution in [3.8, 4) is 0 Å². The predicted octanol–water partition coefficient (Wildman–Crippen LogP) is 5.20. The summed E-state index contributed by atoms with van der Waals surface area (Å²) >= 11 is 0. The normalized spacial score (nSPS) is 10.7. The number of carbonyl (C=O) groups excluding carboxylic acids is 2. The molecule has 0 aromatic carbocycles. The number of hydrogen-bond donors (Lipinski definition) is 0. The van der Waals surface area contributed by atoms with Gasteiger partial charge >= 0.3 is 0 Å². The Balaban J connectivity index is 0. The Bertz CT molecular complexity index is 318. The SMILES string of the molecule is CC(C)=CCC/C(C)=C/C=O.CCCCC/C=C/C=O. The number of allylic oxidation sites excluding steroid dienone is 6.